The van der Waals surface area contributed by atoms with Crippen LogP contribution in [0.1, 0.15) is 34.6 Å². The van der Waals surface area contributed by atoms with Crippen molar-refractivity contribution in [2.24, 2.45) is 0 Å². The summed E-state index contributed by atoms with van der Waals surface area (Å²) in [6, 6.07) is 0. The summed E-state index contributed by atoms with van der Waals surface area (Å²) in [7, 11) is 0. The Morgan fingerprint density at radius 2 is 1.48 bits per heavy atom. The van der Waals surface area contributed by atoms with E-state index in [4.69, 9.17) is 23.7 Å². The van der Waals surface area contributed by atoms with Gasteiger partial charge in [-0.25, -0.2) is 0 Å². The zero-order chi connectivity index (χ0) is 17.8. The maximum atomic E-state index is 11.4. The monoisotopic (exact) mass is 332 g/mol. The van der Waals surface area contributed by atoms with Crippen LogP contribution in [-0.4, -0.2) is 54.6 Å². The fraction of sp³-hybridized carbons (Fsp3) is 0.714. The van der Waals surface area contributed by atoms with Crippen molar-refractivity contribution in [2.75, 3.05) is 6.61 Å². The third kappa shape index (κ3) is 4.92. The molecule has 1 fully saturated rings. The fourth-order valence-electron chi connectivity index (χ4n) is 2.28. The largest absolute Gasteiger partial charge is 0.463 e. The Morgan fingerprint density at radius 3 is 1.91 bits per heavy atom. The Labute approximate surface area is 133 Å². The van der Waals surface area contributed by atoms with E-state index in [0.717, 1.165) is 20.8 Å². The van der Waals surface area contributed by atoms with Crippen molar-refractivity contribution >= 4 is 23.9 Å². The van der Waals surface area contributed by atoms with Gasteiger partial charge in [-0.2, -0.15) is 0 Å². The predicted molar refractivity (Wildman–Crippen MR) is 72.8 cm³/mol. The van der Waals surface area contributed by atoms with Crippen LogP contribution in [0.15, 0.2) is 0 Å². The van der Waals surface area contributed by atoms with Gasteiger partial charge in [-0.3, -0.25) is 19.2 Å². The van der Waals surface area contributed by atoms with Gasteiger partial charge in [0.1, 0.15) is 12.7 Å². The molecule has 0 aliphatic carbocycles. The smallest absolute Gasteiger partial charge is 0.305 e. The lowest BCUT2D eigenvalue weighted by molar-refractivity contribution is -0.219. The van der Waals surface area contributed by atoms with Gasteiger partial charge in [-0.15, -0.1) is 0 Å². The molecule has 23 heavy (non-hydrogen) atoms. The van der Waals surface area contributed by atoms with Gasteiger partial charge in [0, 0.05) is 27.7 Å². The average molecular weight is 332 g/mol. The first-order valence-electron chi connectivity index (χ1n) is 6.89. The number of esters is 4. The van der Waals surface area contributed by atoms with E-state index in [1.54, 1.807) is 0 Å². The highest BCUT2D eigenvalue weighted by Gasteiger charge is 2.60. The summed E-state index contributed by atoms with van der Waals surface area (Å²) >= 11 is 0. The normalized spacial score (nSPS) is 29.5. The molecule has 0 bridgehead atoms. The molecule has 9 nitrogen and oxygen atoms in total. The maximum Gasteiger partial charge on any atom is 0.305 e. The van der Waals surface area contributed by atoms with Crippen LogP contribution in [0.25, 0.3) is 0 Å². The van der Waals surface area contributed by atoms with Crippen molar-refractivity contribution in [3.8, 4) is 0 Å². The molecule has 1 heterocycles. The molecule has 0 amide bonds. The Kier molecular flexibility index (Phi) is 6.08. The maximum absolute atomic E-state index is 11.4. The summed E-state index contributed by atoms with van der Waals surface area (Å²) in [4.78, 5) is 45.0. The zero-order valence-corrected chi connectivity index (χ0v) is 13.6. The molecule has 130 valence electrons. The van der Waals surface area contributed by atoms with Gasteiger partial charge in [-0.1, -0.05) is 0 Å². The molecule has 1 saturated heterocycles. The highest BCUT2D eigenvalue weighted by molar-refractivity contribution is 5.69. The Hall–Kier alpha value is -2.16. The molecule has 9 heteroatoms. The van der Waals surface area contributed by atoms with Crippen LogP contribution in [-0.2, 0) is 42.9 Å². The van der Waals surface area contributed by atoms with Crippen molar-refractivity contribution in [3.05, 3.63) is 0 Å². The minimum Gasteiger partial charge on any atom is -0.463 e. The Balaban J connectivity index is 3.11. The van der Waals surface area contributed by atoms with Gasteiger partial charge < -0.3 is 23.7 Å². The number of ether oxygens (including phenoxy) is 5. The summed E-state index contributed by atoms with van der Waals surface area (Å²) < 4.78 is 25.7. The first kappa shape index (κ1) is 18.9. The Morgan fingerprint density at radius 1 is 0.913 bits per heavy atom. The number of carbonyl (C=O) groups excluding carboxylic acids is 4. The summed E-state index contributed by atoms with van der Waals surface area (Å²) in [6.07, 6.45) is -3.39. The fourth-order valence-corrected chi connectivity index (χ4v) is 2.28. The van der Waals surface area contributed by atoms with E-state index in [2.05, 4.69) is 0 Å². The van der Waals surface area contributed by atoms with Crippen LogP contribution >= 0.6 is 0 Å². The number of hydrogen-bond acceptors (Lipinski definition) is 9. The summed E-state index contributed by atoms with van der Waals surface area (Å²) in [6.45, 7) is 5.81. The summed E-state index contributed by atoms with van der Waals surface area (Å²) in [5.41, 5.74) is -1.58. The van der Waals surface area contributed by atoms with Gasteiger partial charge in [0.05, 0.1) is 0 Å². The van der Waals surface area contributed by atoms with Crippen molar-refractivity contribution < 1.29 is 42.9 Å². The van der Waals surface area contributed by atoms with E-state index >= 15 is 0 Å². The van der Waals surface area contributed by atoms with Crippen molar-refractivity contribution in [2.45, 2.75) is 58.7 Å². The first-order chi connectivity index (χ1) is 10.6. The van der Waals surface area contributed by atoms with Crippen LogP contribution in [0.3, 0.4) is 0 Å². The molecule has 0 radical (unpaired) electrons. The van der Waals surface area contributed by atoms with Gasteiger partial charge in [0.2, 0.25) is 11.9 Å². The second-order valence-electron chi connectivity index (χ2n) is 5.23. The number of rotatable bonds is 5. The lowest BCUT2D eigenvalue weighted by Gasteiger charge is -2.32. The van der Waals surface area contributed by atoms with E-state index < -0.39 is 48.0 Å². The van der Waals surface area contributed by atoms with Gasteiger partial charge in [-0.05, 0) is 6.92 Å². The molecule has 0 N–H and O–H groups in total. The van der Waals surface area contributed by atoms with Crippen LogP contribution in [0, 0.1) is 0 Å². The summed E-state index contributed by atoms with van der Waals surface area (Å²) in [5, 5.41) is 0. The molecular weight excluding hydrogens is 312 g/mol. The minimum atomic E-state index is -1.58. The van der Waals surface area contributed by atoms with Crippen molar-refractivity contribution in [1.82, 2.24) is 0 Å². The van der Waals surface area contributed by atoms with Gasteiger partial charge in [0.15, 0.2) is 6.10 Å². The minimum absolute atomic E-state index is 0.262. The van der Waals surface area contributed by atoms with E-state index in [-0.39, 0.29) is 6.61 Å². The van der Waals surface area contributed by atoms with Gasteiger partial charge >= 0.3 is 23.9 Å². The second kappa shape index (κ2) is 7.40. The standard InChI is InChI=1S/C14H20O9/c1-7(15)19-6-11-12(20-8(2)16)14(5,23-10(4)18)13(22-11)21-9(3)17/h11-13H,6H2,1-5H3/t11-,12-,13+,14-/m1/s1. The molecule has 0 spiro atoms. The van der Waals surface area contributed by atoms with E-state index in [1.807, 2.05) is 0 Å². The molecule has 1 aliphatic heterocycles. The Bertz CT molecular complexity index is 500. The van der Waals surface area contributed by atoms with Crippen LogP contribution < -0.4 is 0 Å². The summed E-state index contributed by atoms with van der Waals surface area (Å²) in [5.74, 6) is -2.59. The first-order valence-corrected chi connectivity index (χ1v) is 6.89. The molecule has 0 aromatic carbocycles. The molecule has 0 aromatic rings. The van der Waals surface area contributed by atoms with Crippen LogP contribution in [0.2, 0.25) is 0 Å². The SMILES string of the molecule is CC(=O)OC[C@H]1O[C@H](OC(C)=O)[C@](C)(OC(C)=O)[C@@H]1OC(C)=O. The number of hydrogen-bond donors (Lipinski definition) is 0. The molecule has 4 atom stereocenters. The highest BCUT2D eigenvalue weighted by atomic mass is 16.8. The third-order valence-corrected chi connectivity index (χ3v) is 3.05. The third-order valence-electron chi connectivity index (χ3n) is 3.05. The quantitative estimate of drug-likeness (QED) is 0.510. The average Bonchev–Trinajstić information content (AvgIpc) is 2.59. The van der Waals surface area contributed by atoms with Gasteiger partial charge in [0.25, 0.3) is 0 Å². The molecular formula is C14H20O9. The van der Waals surface area contributed by atoms with Crippen molar-refractivity contribution in [3.63, 3.8) is 0 Å². The highest BCUT2D eigenvalue weighted by Crippen LogP contribution is 2.37. The lowest BCUT2D eigenvalue weighted by atomic mass is 9.97. The van der Waals surface area contributed by atoms with Crippen molar-refractivity contribution in [1.29, 1.82) is 0 Å². The molecule has 0 aromatic heterocycles. The molecule has 0 unspecified atom stereocenters. The van der Waals surface area contributed by atoms with E-state index in [0.29, 0.717) is 0 Å². The van der Waals surface area contributed by atoms with Crippen LogP contribution in [0.5, 0.6) is 0 Å². The zero-order valence-electron chi connectivity index (χ0n) is 13.6. The van der Waals surface area contributed by atoms with Crippen LogP contribution in [0.4, 0.5) is 0 Å². The molecule has 1 aliphatic rings. The predicted octanol–water partition coefficient (Wildman–Crippen LogP) is 0.0910. The van der Waals surface area contributed by atoms with E-state index in [1.165, 1.54) is 13.8 Å². The number of carbonyl (C=O) groups is 4. The lowest BCUT2D eigenvalue weighted by Crippen LogP contribution is -2.52. The second-order valence-corrected chi connectivity index (χ2v) is 5.23. The molecule has 1 rings (SSSR count). The van der Waals surface area contributed by atoms with E-state index in [9.17, 15) is 19.2 Å². The topological polar surface area (TPSA) is 114 Å². The molecule has 0 saturated carbocycles.